The van der Waals surface area contributed by atoms with Crippen LogP contribution in [0.3, 0.4) is 0 Å². The molecule has 151 valence electrons. The number of rotatable bonds is 7. The number of nitrogens with one attached hydrogen (secondary N) is 1. The summed E-state index contributed by atoms with van der Waals surface area (Å²) in [5, 5.41) is 2.79. The number of ether oxygens (including phenoxy) is 1. The third-order valence-corrected chi connectivity index (χ3v) is 4.41. The van der Waals surface area contributed by atoms with E-state index in [-0.39, 0.29) is 49.2 Å². The van der Waals surface area contributed by atoms with Gasteiger partial charge in [-0.3, -0.25) is 4.79 Å². The number of likely N-dealkylation sites (tertiary alicyclic amines) is 1. The molecule has 1 unspecified atom stereocenters. The Hall–Kier alpha value is -2.44. The van der Waals surface area contributed by atoms with Crippen LogP contribution in [0, 0.1) is 11.8 Å². The van der Waals surface area contributed by atoms with Crippen LogP contribution in [0.4, 0.5) is 5.69 Å². The van der Waals surface area contributed by atoms with Gasteiger partial charge in [0.05, 0.1) is 0 Å². The van der Waals surface area contributed by atoms with Gasteiger partial charge in [0.1, 0.15) is 0 Å². The van der Waals surface area contributed by atoms with Gasteiger partial charge in [0.15, 0.2) is 0 Å². The Morgan fingerprint density at radius 2 is 1.86 bits per heavy atom. The van der Waals surface area contributed by atoms with Gasteiger partial charge in [-0.1, -0.05) is 13.8 Å². The molecule has 0 saturated carbocycles. The van der Waals surface area contributed by atoms with Gasteiger partial charge in [0.2, 0.25) is 0 Å². The van der Waals surface area contributed by atoms with Gasteiger partial charge in [-0.05, 0) is 0 Å². The maximum atomic E-state index is 12.3. The van der Waals surface area contributed by atoms with Crippen molar-refractivity contribution < 1.29 is 19.1 Å². The van der Waals surface area contributed by atoms with Crippen LogP contribution >= 0.6 is 0 Å². The summed E-state index contributed by atoms with van der Waals surface area (Å²) in [6, 6.07) is 7.04. The number of benzene rings is 1. The minimum atomic E-state index is -0.338. The summed E-state index contributed by atoms with van der Waals surface area (Å²) in [6.45, 7) is 9.83. The van der Waals surface area contributed by atoms with Crippen LogP contribution in [-0.2, 0) is 25.7 Å². The van der Waals surface area contributed by atoms with Crippen LogP contribution in [0.15, 0.2) is 24.3 Å². The Bertz CT molecular complexity index is 701. The van der Waals surface area contributed by atoms with E-state index in [0.29, 0.717) is 17.7 Å². The average Bonchev–Trinajstić information content (AvgIpc) is 2.95. The first-order valence-electron chi connectivity index (χ1n) is 9.72. The van der Waals surface area contributed by atoms with Crippen molar-refractivity contribution in [3.8, 4) is 0 Å². The van der Waals surface area contributed by atoms with Crippen LogP contribution in [0.25, 0.3) is 0 Å². The molecule has 1 aliphatic rings. The van der Waals surface area contributed by atoms with Gasteiger partial charge in [-0.2, -0.15) is 0 Å². The van der Waals surface area contributed by atoms with Crippen LogP contribution in [-0.4, -0.2) is 42.3 Å². The molecule has 0 spiro atoms. The number of carbonyl (C=O) groups excluding carboxylic acids is 3. The van der Waals surface area contributed by atoms with E-state index in [1.54, 1.807) is 24.3 Å². The molecule has 1 saturated heterocycles. The van der Waals surface area contributed by atoms with Crippen LogP contribution in [0.1, 0.15) is 53.0 Å². The van der Waals surface area contributed by atoms with Gasteiger partial charge in [-0.15, -0.1) is 0 Å². The van der Waals surface area contributed by atoms with Gasteiger partial charge in [0.25, 0.3) is 0 Å². The van der Waals surface area contributed by atoms with Crippen LogP contribution in [0.5, 0.6) is 0 Å². The normalized spacial score (nSPS) is 15.9. The van der Waals surface area contributed by atoms with E-state index < -0.39 is 0 Å². The number of nitrogens with zero attached hydrogens (tertiary/aromatic N) is 1. The third kappa shape index (κ3) is 6.95. The fraction of sp³-hybridized carbons (Fsp3) is 0.524. The van der Waals surface area contributed by atoms with Gasteiger partial charge < -0.3 is 0 Å². The summed E-state index contributed by atoms with van der Waals surface area (Å²) in [5.41, 5.74) is 2.02. The van der Waals surface area contributed by atoms with Crippen LogP contribution in [0.2, 0.25) is 0 Å². The van der Waals surface area contributed by atoms with Crippen molar-refractivity contribution in [1.29, 1.82) is 0 Å². The number of hydrogen-bond donors (Lipinski definition) is 1. The molecule has 0 aromatic heterocycles. The standard InChI is InChI=1S/C19H24BN2O4.C2H6/c1-12(2)16-10-17(20)22(19(16)25)9-8-18(24)21-15-6-4-14(5-7-15)11-26-13(3)23;1-2/h4-7,12,16H,8-11H2,1-3H3,(H,21,24);1-2H3. The zero-order valence-corrected chi connectivity index (χ0v) is 17.5. The van der Waals surface area contributed by atoms with E-state index >= 15 is 0 Å². The fourth-order valence-electron chi connectivity index (χ4n) is 2.85. The molecule has 1 N–H and O–H groups in total. The van der Waals surface area contributed by atoms with Crippen molar-refractivity contribution in [2.75, 3.05) is 11.9 Å². The third-order valence-electron chi connectivity index (χ3n) is 4.41. The van der Waals surface area contributed by atoms with Gasteiger partial charge >= 0.3 is 143 Å². The Kier molecular flexibility index (Phi) is 9.63. The number of carbonyl (C=O) groups is 3. The maximum absolute atomic E-state index is 12.3. The zero-order chi connectivity index (χ0) is 21.3. The molecule has 7 heteroatoms. The van der Waals surface area contributed by atoms with Gasteiger partial charge in [-0.25, -0.2) is 0 Å². The van der Waals surface area contributed by atoms with Crippen molar-refractivity contribution in [3.05, 3.63) is 29.8 Å². The molecule has 1 radical (unpaired) electrons. The molecular weight excluding hydrogens is 355 g/mol. The van der Waals surface area contributed by atoms with Gasteiger partial charge in [0, 0.05) is 6.92 Å². The molecule has 2 amide bonds. The summed E-state index contributed by atoms with van der Waals surface area (Å²) >= 11 is 0. The summed E-state index contributed by atoms with van der Waals surface area (Å²) in [4.78, 5) is 36.8. The van der Waals surface area contributed by atoms with Crippen molar-refractivity contribution in [1.82, 2.24) is 4.90 Å². The Labute approximate surface area is 168 Å². The fourth-order valence-corrected chi connectivity index (χ4v) is 2.85. The van der Waals surface area contributed by atoms with E-state index in [0.717, 1.165) is 5.56 Å². The van der Waals surface area contributed by atoms with Crippen molar-refractivity contribution >= 4 is 36.5 Å². The molecule has 0 aliphatic carbocycles. The van der Waals surface area contributed by atoms with Crippen molar-refractivity contribution in [2.45, 2.75) is 54.1 Å². The van der Waals surface area contributed by atoms with Crippen molar-refractivity contribution in [3.63, 3.8) is 0 Å². The van der Waals surface area contributed by atoms with E-state index in [4.69, 9.17) is 12.2 Å². The molecule has 1 aromatic rings. The Morgan fingerprint density at radius 1 is 1.25 bits per heavy atom. The second-order valence-corrected chi connectivity index (χ2v) is 6.81. The molecule has 1 aromatic carbocycles. The first kappa shape index (κ1) is 23.6. The van der Waals surface area contributed by atoms with Crippen LogP contribution < -0.4 is 5.32 Å². The summed E-state index contributed by atoms with van der Waals surface area (Å²) in [7, 11) is 5.96. The molecule has 28 heavy (non-hydrogen) atoms. The van der Waals surface area contributed by atoms with E-state index in [9.17, 15) is 14.4 Å². The van der Waals surface area contributed by atoms with Crippen molar-refractivity contribution in [2.24, 2.45) is 11.8 Å². The molecule has 1 heterocycles. The van der Waals surface area contributed by atoms with E-state index in [2.05, 4.69) is 5.32 Å². The average molecular weight is 385 g/mol. The summed E-state index contributed by atoms with van der Waals surface area (Å²) < 4.78 is 4.91. The summed E-state index contributed by atoms with van der Waals surface area (Å²) in [5.74, 6) is -0.394. The second kappa shape index (κ2) is 11.4. The zero-order valence-electron chi connectivity index (χ0n) is 17.5. The molecule has 1 aliphatic heterocycles. The Morgan fingerprint density at radius 3 is 2.36 bits per heavy atom. The predicted molar refractivity (Wildman–Crippen MR) is 112 cm³/mol. The predicted octanol–water partition coefficient (Wildman–Crippen LogP) is 2.91. The quantitative estimate of drug-likeness (QED) is 0.579. The minimum absolute atomic E-state index is 0.000115. The number of anilines is 1. The number of amides is 2. The Balaban J connectivity index is 0.00000190. The molecule has 1 atom stereocenters. The summed E-state index contributed by atoms with van der Waals surface area (Å²) in [6.07, 6.45) is 0.731. The molecular formula is C21H30BN2O4. The SMILES string of the molecule is CC.[B]=C1CC(C(C)C)C(=O)N1CCC(=O)Nc1ccc(COC(C)=O)cc1. The number of esters is 1. The molecule has 1 fully saturated rings. The number of hydrogen-bond acceptors (Lipinski definition) is 4. The second-order valence-electron chi connectivity index (χ2n) is 6.81. The topological polar surface area (TPSA) is 75.7 Å². The molecule has 2 rings (SSSR count). The first-order chi connectivity index (χ1) is 13.3. The molecule has 0 bridgehead atoms. The monoisotopic (exact) mass is 385 g/mol. The van der Waals surface area contributed by atoms with E-state index in [1.165, 1.54) is 11.8 Å². The van der Waals surface area contributed by atoms with E-state index in [1.807, 2.05) is 27.7 Å². The first-order valence-corrected chi connectivity index (χ1v) is 9.72. The molecule has 6 nitrogen and oxygen atoms in total.